The van der Waals surface area contributed by atoms with Gasteiger partial charge in [0, 0.05) is 0 Å². The zero-order valence-electron chi connectivity index (χ0n) is 7.34. The fourth-order valence-electron chi connectivity index (χ4n) is 0.610. The molecule has 0 unspecified atom stereocenters. The zero-order valence-corrected chi connectivity index (χ0v) is 8.85. The van der Waals surface area contributed by atoms with Gasteiger partial charge in [-0.15, -0.1) is 0 Å². The number of aromatic hydroxyl groups is 1. The minimum absolute atomic E-state index is 0.0605. The zero-order chi connectivity index (χ0) is 12.9. The van der Waals surface area contributed by atoms with Gasteiger partial charge in [0.1, 0.15) is 0 Å². The first-order valence-corrected chi connectivity index (χ1v) is 4.31. The molecule has 1 N–H and O–H groups in total. The first-order valence-electron chi connectivity index (χ1n) is 3.55. The average molecular weight is 277 g/mol. The molecular weight excluding hydrogens is 274 g/mol. The molecule has 0 atom stereocenters. The number of diazo groups is 1. The summed E-state index contributed by atoms with van der Waals surface area (Å²) in [7, 11) is -6.00. The second kappa shape index (κ2) is 5.77. The van der Waals surface area contributed by atoms with Crippen molar-refractivity contribution in [3.05, 3.63) is 27.2 Å². The largest absolute Gasteiger partial charge is 0.673 e. The Labute approximate surface area is 97.3 Å². The number of hydrogen-bond acceptors (Lipinski definition) is 2. The third-order valence-electron chi connectivity index (χ3n) is 1.12. The molecule has 0 saturated carbocycles. The summed E-state index contributed by atoms with van der Waals surface area (Å²) in [5.74, 6) is -0.208. The van der Waals surface area contributed by atoms with Crippen molar-refractivity contribution in [2.75, 3.05) is 0 Å². The van der Waals surface area contributed by atoms with Crippen molar-refractivity contribution in [1.29, 1.82) is 5.39 Å². The standard InChI is InChI=1S/C6H2Cl2N2O.BF4/c7-4-1-3(10-9)2-5(8)6(4)11;2-1(3,4)5/h1-2H;/q;-1/p+1. The van der Waals surface area contributed by atoms with Gasteiger partial charge >= 0.3 is 12.9 Å². The van der Waals surface area contributed by atoms with Crippen LogP contribution in [0.2, 0.25) is 10.0 Å². The van der Waals surface area contributed by atoms with Gasteiger partial charge in [-0.25, -0.2) is 0 Å². The second-order valence-corrected chi connectivity index (χ2v) is 3.17. The van der Waals surface area contributed by atoms with Crippen LogP contribution < -0.4 is 0 Å². The Balaban J connectivity index is 0.000000385. The van der Waals surface area contributed by atoms with E-state index in [4.69, 9.17) is 33.7 Å². The van der Waals surface area contributed by atoms with Gasteiger partial charge in [0.25, 0.3) is 0 Å². The molecule has 88 valence electrons. The van der Waals surface area contributed by atoms with Crippen LogP contribution in [0.1, 0.15) is 0 Å². The number of halogens is 6. The lowest BCUT2D eigenvalue weighted by Crippen LogP contribution is -2.02. The minimum Gasteiger partial charge on any atom is -0.505 e. The molecule has 0 bridgehead atoms. The summed E-state index contributed by atoms with van der Waals surface area (Å²) >= 11 is 11.0. The van der Waals surface area contributed by atoms with Crippen LogP contribution in [-0.4, -0.2) is 12.4 Å². The van der Waals surface area contributed by atoms with E-state index in [2.05, 4.69) is 4.98 Å². The van der Waals surface area contributed by atoms with E-state index in [1.165, 1.54) is 12.1 Å². The number of phenols is 1. The molecule has 0 saturated heterocycles. The number of hydrogen-bond donors (Lipinski definition) is 1. The average Bonchev–Trinajstić information content (AvgIpc) is 2.10. The van der Waals surface area contributed by atoms with Crippen molar-refractivity contribution in [2.24, 2.45) is 0 Å². The monoisotopic (exact) mass is 276 g/mol. The van der Waals surface area contributed by atoms with E-state index in [1.807, 2.05) is 0 Å². The first kappa shape index (κ1) is 14.8. The maximum Gasteiger partial charge on any atom is 0.673 e. The number of benzene rings is 1. The predicted octanol–water partition coefficient (Wildman–Crippen LogP) is 4.48. The second-order valence-electron chi connectivity index (χ2n) is 2.35. The molecule has 0 aromatic heterocycles. The molecule has 0 aliphatic carbocycles. The number of phenolic OH excluding ortho intramolecular Hbond substituents is 1. The lowest BCUT2D eigenvalue weighted by Gasteiger charge is -1.94. The molecule has 0 fully saturated rings. The third kappa shape index (κ3) is 6.32. The molecule has 0 amide bonds. The third-order valence-corrected chi connectivity index (χ3v) is 1.69. The molecule has 3 nitrogen and oxygen atoms in total. The Morgan fingerprint density at radius 1 is 1.12 bits per heavy atom. The molecular formula is C6H3BCl2F4N2O. The smallest absolute Gasteiger partial charge is 0.505 e. The van der Waals surface area contributed by atoms with Crippen LogP contribution in [0.25, 0.3) is 4.98 Å². The summed E-state index contributed by atoms with van der Waals surface area (Å²) < 4.78 is 39.0. The molecule has 1 aromatic carbocycles. The molecule has 10 heteroatoms. The number of rotatable bonds is 0. The minimum atomic E-state index is -6.00. The van der Waals surface area contributed by atoms with Crippen LogP contribution >= 0.6 is 23.2 Å². The van der Waals surface area contributed by atoms with Gasteiger partial charge in [0.05, 0.1) is 22.2 Å². The van der Waals surface area contributed by atoms with Crippen molar-refractivity contribution in [2.45, 2.75) is 0 Å². The van der Waals surface area contributed by atoms with E-state index in [0.717, 1.165) is 0 Å². The van der Waals surface area contributed by atoms with Crippen LogP contribution in [0.4, 0.5) is 23.0 Å². The van der Waals surface area contributed by atoms with Crippen molar-refractivity contribution in [3.63, 3.8) is 0 Å². The summed E-state index contributed by atoms with van der Waals surface area (Å²) in [5.41, 5.74) is 0.206. The molecule has 1 aromatic rings. The Morgan fingerprint density at radius 3 is 1.69 bits per heavy atom. The van der Waals surface area contributed by atoms with Gasteiger partial charge in [0.2, 0.25) is 5.39 Å². The fraction of sp³-hybridized carbons (Fsp3) is 0. The quantitative estimate of drug-likeness (QED) is 0.431. The highest BCUT2D eigenvalue weighted by molar-refractivity contribution is 6.50. The van der Waals surface area contributed by atoms with Gasteiger partial charge in [-0.3, -0.25) is 0 Å². The van der Waals surface area contributed by atoms with E-state index in [0.29, 0.717) is 0 Å². The van der Waals surface area contributed by atoms with Gasteiger partial charge in [-0.05, 0) is 0 Å². The summed E-state index contributed by atoms with van der Waals surface area (Å²) in [6.07, 6.45) is 0. The van der Waals surface area contributed by atoms with Crippen LogP contribution in [0, 0.1) is 5.39 Å². The lowest BCUT2D eigenvalue weighted by molar-refractivity contribution is 0.368. The lowest BCUT2D eigenvalue weighted by atomic mass is 10.3. The normalized spacial score (nSPS) is 10.1. The molecule has 0 heterocycles. The van der Waals surface area contributed by atoms with Gasteiger partial charge < -0.3 is 22.4 Å². The van der Waals surface area contributed by atoms with Crippen molar-refractivity contribution in [1.82, 2.24) is 0 Å². The summed E-state index contributed by atoms with van der Waals surface area (Å²) in [6.45, 7) is 0. The molecule has 0 spiro atoms. The highest BCUT2D eigenvalue weighted by Crippen LogP contribution is 2.35. The van der Waals surface area contributed by atoms with Crippen LogP contribution in [-0.2, 0) is 0 Å². The maximum atomic E-state index is 9.75. The number of nitrogens with zero attached hydrogens (tertiary/aromatic N) is 2. The highest BCUT2D eigenvalue weighted by Gasteiger charge is 2.20. The molecule has 0 aliphatic rings. The molecule has 16 heavy (non-hydrogen) atoms. The van der Waals surface area contributed by atoms with Crippen molar-refractivity contribution >= 4 is 36.1 Å². The molecule has 0 aliphatic heterocycles. The van der Waals surface area contributed by atoms with Gasteiger partial charge in [-0.2, -0.15) is 0 Å². The first-order chi connectivity index (χ1) is 7.15. The Hall–Kier alpha value is -1.20. The summed E-state index contributed by atoms with van der Waals surface area (Å²) in [4.78, 5) is 2.85. The van der Waals surface area contributed by atoms with Gasteiger partial charge in [-0.1, -0.05) is 23.2 Å². The van der Waals surface area contributed by atoms with E-state index in [1.54, 1.807) is 0 Å². The van der Waals surface area contributed by atoms with Crippen molar-refractivity contribution in [3.8, 4) is 5.75 Å². The Kier molecular flexibility index (Phi) is 5.34. The Morgan fingerprint density at radius 2 is 1.44 bits per heavy atom. The topological polar surface area (TPSA) is 48.4 Å². The van der Waals surface area contributed by atoms with Crippen LogP contribution in [0.5, 0.6) is 5.75 Å². The van der Waals surface area contributed by atoms with Crippen molar-refractivity contribution < 1.29 is 22.4 Å². The summed E-state index contributed by atoms with van der Waals surface area (Å²) in [6, 6.07) is 2.59. The van der Waals surface area contributed by atoms with E-state index >= 15 is 0 Å². The van der Waals surface area contributed by atoms with E-state index in [-0.39, 0.29) is 21.5 Å². The van der Waals surface area contributed by atoms with E-state index in [9.17, 15) is 17.3 Å². The summed E-state index contributed by atoms with van der Waals surface area (Å²) in [5, 5.41) is 17.5. The predicted molar refractivity (Wildman–Crippen MR) is 53.1 cm³/mol. The SMILES string of the molecule is F[B-](F)(F)F.N#[N+]c1cc(Cl)c(O)c(Cl)c1. The molecule has 0 radical (unpaired) electrons. The van der Waals surface area contributed by atoms with Crippen LogP contribution in [0.15, 0.2) is 12.1 Å². The van der Waals surface area contributed by atoms with Gasteiger partial charge in [0.15, 0.2) is 10.7 Å². The van der Waals surface area contributed by atoms with Crippen LogP contribution in [0.3, 0.4) is 0 Å². The molecule has 1 rings (SSSR count). The Bertz CT molecular complexity index is 391. The fourth-order valence-corrected chi connectivity index (χ4v) is 1.09. The highest BCUT2D eigenvalue weighted by atomic mass is 35.5. The van der Waals surface area contributed by atoms with E-state index < -0.39 is 7.25 Å². The maximum absolute atomic E-state index is 9.75.